The Hall–Kier alpha value is -1.89. The van der Waals surface area contributed by atoms with Gasteiger partial charge in [0.2, 0.25) is 0 Å². The van der Waals surface area contributed by atoms with Crippen molar-refractivity contribution < 1.29 is 13.9 Å². The Morgan fingerprint density at radius 1 is 1.11 bits per heavy atom. The molecule has 0 bridgehead atoms. The summed E-state index contributed by atoms with van der Waals surface area (Å²) in [4.78, 5) is 29.7. The first-order valence-electron chi connectivity index (χ1n) is 9.09. The lowest BCUT2D eigenvalue weighted by Crippen LogP contribution is -2.54. The number of carbonyl (C=O) groups excluding carboxylic acids is 1. The summed E-state index contributed by atoms with van der Waals surface area (Å²) in [6.45, 7) is 6.64. The minimum absolute atomic E-state index is 0. The molecule has 27 heavy (non-hydrogen) atoms. The van der Waals surface area contributed by atoms with E-state index >= 15 is 0 Å². The number of nitrogens with zero attached hydrogens (tertiary/aromatic N) is 2. The number of carbonyl (C=O) groups is 1. The van der Waals surface area contributed by atoms with E-state index in [1.165, 1.54) is 6.07 Å². The Labute approximate surface area is 164 Å². The normalized spacial score (nSPS) is 19.4. The molecule has 1 aromatic heterocycles. The fourth-order valence-electron chi connectivity index (χ4n) is 4.12. The van der Waals surface area contributed by atoms with E-state index in [2.05, 4.69) is 11.9 Å². The summed E-state index contributed by atoms with van der Waals surface area (Å²) in [6.07, 6.45) is 1.54. The summed E-state index contributed by atoms with van der Waals surface area (Å²) in [6, 6.07) is 5.08. The van der Waals surface area contributed by atoms with Crippen LogP contribution in [0.3, 0.4) is 0 Å². The highest BCUT2D eigenvalue weighted by Gasteiger charge is 2.47. The van der Waals surface area contributed by atoms with Gasteiger partial charge in [-0.15, -0.1) is 12.4 Å². The quantitative estimate of drug-likeness (QED) is 0.746. The number of hydrogen-bond acceptors (Lipinski definition) is 5. The number of hydrogen-bond donors (Lipinski definition) is 0. The third-order valence-electron chi connectivity index (χ3n) is 5.56. The van der Waals surface area contributed by atoms with Gasteiger partial charge in [0.15, 0.2) is 11.2 Å². The number of benzene rings is 1. The Morgan fingerprint density at radius 2 is 1.81 bits per heavy atom. The number of rotatable bonds is 1. The molecule has 2 aliphatic rings. The van der Waals surface area contributed by atoms with Crippen LogP contribution < -0.4 is 5.43 Å². The molecule has 7 heteroatoms. The maximum Gasteiger partial charge on any atom is 0.292 e. The van der Waals surface area contributed by atoms with Crippen molar-refractivity contribution in [2.45, 2.75) is 32.4 Å². The van der Waals surface area contributed by atoms with Crippen molar-refractivity contribution in [3.63, 3.8) is 0 Å². The zero-order chi connectivity index (χ0) is 18.5. The van der Waals surface area contributed by atoms with E-state index in [1.807, 2.05) is 19.9 Å². The number of aryl methyl sites for hydroxylation is 2. The van der Waals surface area contributed by atoms with Crippen molar-refractivity contribution in [3.8, 4) is 0 Å². The molecule has 2 aromatic rings. The van der Waals surface area contributed by atoms with Gasteiger partial charge in [0.1, 0.15) is 11.3 Å². The zero-order valence-electron chi connectivity index (χ0n) is 15.9. The number of fused-ring (bicyclic) bond motifs is 1. The molecule has 2 saturated heterocycles. The highest BCUT2D eigenvalue weighted by molar-refractivity contribution is 5.94. The molecule has 1 amide bonds. The monoisotopic (exact) mass is 392 g/mol. The van der Waals surface area contributed by atoms with Crippen LogP contribution >= 0.6 is 12.4 Å². The van der Waals surface area contributed by atoms with Crippen molar-refractivity contribution in [2.75, 3.05) is 33.3 Å². The van der Waals surface area contributed by atoms with Crippen LogP contribution in [-0.4, -0.2) is 54.7 Å². The summed E-state index contributed by atoms with van der Waals surface area (Å²) < 4.78 is 11.9. The van der Waals surface area contributed by atoms with E-state index in [-0.39, 0.29) is 29.5 Å². The standard InChI is InChI=1S/C20H24N2O4.ClH/c1-13-10-14(2)18-15(11-13)16(23)12-17(26-18)19(24)22-8-9-25-20(22)4-6-21(3)7-5-20;/h10-12H,4-9H2,1-3H3;1H. The third-order valence-corrected chi connectivity index (χ3v) is 5.56. The second-order valence-electron chi connectivity index (χ2n) is 7.49. The summed E-state index contributed by atoms with van der Waals surface area (Å²) >= 11 is 0. The number of amides is 1. The molecule has 146 valence electrons. The van der Waals surface area contributed by atoms with Crippen LogP contribution in [0.1, 0.15) is 34.5 Å². The molecule has 2 fully saturated rings. The molecule has 1 aromatic carbocycles. The van der Waals surface area contributed by atoms with Crippen LogP contribution in [-0.2, 0) is 4.74 Å². The van der Waals surface area contributed by atoms with Crippen molar-refractivity contribution in [2.24, 2.45) is 0 Å². The largest absolute Gasteiger partial charge is 0.450 e. The van der Waals surface area contributed by atoms with Gasteiger partial charge in [-0.05, 0) is 38.1 Å². The van der Waals surface area contributed by atoms with Gasteiger partial charge in [0.05, 0.1) is 12.0 Å². The van der Waals surface area contributed by atoms with Gasteiger partial charge in [-0.2, -0.15) is 0 Å². The molecule has 0 N–H and O–H groups in total. The van der Waals surface area contributed by atoms with E-state index in [0.717, 1.165) is 37.1 Å². The molecule has 0 saturated carbocycles. The maximum absolute atomic E-state index is 13.2. The first-order valence-corrected chi connectivity index (χ1v) is 9.09. The van der Waals surface area contributed by atoms with Gasteiger partial charge >= 0.3 is 0 Å². The minimum atomic E-state index is -0.570. The second-order valence-corrected chi connectivity index (χ2v) is 7.49. The van der Waals surface area contributed by atoms with Crippen LogP contribution in [0.25, 0.3) is 11.0 Å². The second kappa shape index (κ2) is 7.26. The number of likely N-dealkylation sites (tertiary alicyclic amines) is 1. The number of piperidine rings is 1. The molecular weight excluding hydrogens is 368 g/mol. The summed E-state index contributed by atoms with van der Waals surface area (Å²) in [5.74, 6) is -0.163. The fourth-order valence-corrected chi connectivity index (χ4v) is 4.12. The van der Waals surface area contributed by atoms with E-state index < -0.39 is 5.72 Å². The zero-order valence-corrected chi connectivity index (χ0v) is 16.7. The van der Waals surface area contributed by atoms with Crippen LogP contribution in [0.4, 0.5) is 0 Å². The first-order chi connectivity index (χ1) is 12.4. The summed E-state index contributed by atoms with van der Waals surface area (Å²) in [7, 11) is 2.07. The van der Waals surface area contributed by atoms with Gasteiger partial charge < -0.3 is 19.0 Å². The van der Waals surface area contributed by atoms with Gasteiger partial charge in [-0.25, -0.2) is 0 Å². The maximum atomic E-state index is 13.2. The molecule has 3 heterocycles. The third kappa shape index (κ3) is 3.37. The average Bonchev–Trinajstić information content (AvgIpc) is 3.01. The predicted molar refractivity (Wildman–Crippen MR) is 106 cm³/mol. The molecule has 4 rings (SSSR count). The van der Waals surface area contributed by atoms with Crippen molar-refractivity contribution in [1.29, 1.82) is 0 Å². The Kier molecular flexibility index (Phi) is 5.34. The smallest absolute Gasteiger partial charge is 0.292 e. The topological polar surface area (TPSA) is 63.0 Å². The molecule has 6 nitrogen and oxygen atoms in total. The molecule has 0 unspecified atom stereocenters. The highest BCUT2D eigenvalue weighted by Crippen LogP contribution is 2.35. The Bertz CT molecular complexity index is 931. The van der Waals surface area contributed by atoms with Crippen LogP contribution in [0.15, 0.2) is 27.4 Å². The lowest BCUT2D eigenvalue weighted by atomic mass is 9.99. The highest BCUT2D eigenvalue weighted by atomic mass is 35.5. The molecular formula is C20H25ClN2O4. The summed E-state index contributed by atoms with van der Waals surface area (Å²) in [5, 5.41) is 0.519. The van der Waals surface area contributed by atoms with Crippen molar-refractivity contribution in [1.82, 2.24) is 9.80 Å². The summed E-state index contributed by atoms with van der Waals surface area (Å²) in [5.41, 5.74) is 1.60. The van der Waals surface area contributed by atoms with E-state index in [9.17, 15) is 9.59 Å². The Morgan fingerprint density at radius 3 is 2.52 bits per heavy atom. The predicted octanol–water partition coefficient (Wildman–Crippen LogP) is 2.73. The van der Waals surface area contributed by atoms with Gasteiger partial charge in [0, 0.05) is 38.5 Å². The van der Waals surface area contributed by atoms with Gasteiger partial charge in [-0.1, -0.05) is 6.07 Å². The van der Waals surface area contributed by atoms with Crippen molar-refractivity contribution >= 4 is 29.3 Å². The van der Waals surface area contributed by atoms with E-state index in [0.29, 0.717) is 24.1 Å². The fraction of sp³-hybridized carbons (Fsp3) is 0.500. The average molecular weight is 393 g/mol. The van der Waals surface area contributed by atoms with Gasteiger partial charge in [-0.3, -0.25) is 9.59 Å². The Balaban J connectivity index is 0.00000210. The van der Waals surface area contributed by atoms with Crippen LogP contribution in [0.5, 0.6) is 0 Å². The molecule has 1 spiro atoms. The van der Waals surface area contributed by atoms with Crippen molar-refractivity contribution in [3.05, 3.63) is 45.3 Å². The number of halogens is 1. The molecule has 0 aliphatic carbocycles. The van der Waals surface area contributed by atoms with E-state index in [4.69, 9.17) is 9.15 Å². The first kappa shape index (κ1) is 19.9. The lowest BCUT2D eigenvalue weighted by Gasteiger charge is -2.42. The van der Waals surface area contributed by atoms with Crippen LogP contribution in [0.2, 0.25) is 0 Å². The van der Waals surface area contributed by atoms with Gasteiger partial charge in [0.25, 0.3) is 5.91 Å². The number of ether oxygens (including phenoxy) is 1. The minimum Gasteiger partial charge on any atom is -0.450 e. The molecule has 2 aliphatic heterocycles. The van der Waals surface area contributed by atoms with Crippen LogP contribution in [0, 0.1) is 13.8 Å². The van der Waals surface area contributed by atoms with E-state index in [1.54, 1.807) is 11.0 Å². The molecule has 0 atom stereocenters. The molecule has 0 radical (unpaired) electrons. The lowest BCUT2D eigenvalue weighted by molar-refractivity contribution is -0.103. The SMILES string of the molecule is Cc1cc(C)c2oc(C(=O)N3CCOC34CCN(C)CC4)cc(=O)c2c1.Cl.